The smallest absolute Gasteiger partial charge is 0.267 e. The molecular formula is C35H43N5O4S. The number of aromatic nitrogens is 1. The summed E-state index contributed by atoms with van der Waals surface area (Å²) >= 11 is 0. The molecule has 10 heteroatoms. The minimum Gasteiger partial charge on any atom is -0.361 e. The number of para-hydroxylation sites is 1. The topological polar surface area (TPSA) is 118 Å². The van der Waals surface area contributed by atoms with Gasteiger partial charge in [0.1, 0.15) is 0 Å². The Balaban J connectivity index is 1.38. The van der Waals surface area contributed by atoms with Crippen molar-refractivity contribution in [1.82, 2.24) is 25.0 Å². The summed E-state index contributed by atoms with van der Waals surface area (Å²) in [6.07, 6.45) is 7.78. The summed E-state index contributed by atoms with van der Waals surface area (Å²) in [6, 6.07) is 22.0. The van der Waals surface area contributed by atoms with Crippen molar-refractivity contribution in [3.05, 3.63) is 107 Å². The van der Waals surface area contributed by atoms with Gasteiger partial charge in [-0.05, 0) is 84.4 Å². The van der Waals surface area contributed by atoms with Gasteiger partial charge in [0.05, 0.1) is 4.90 Å². The summed E-state index contributed by atoms with van der Waals surface area (Å²) in [5, 5.41) is 10.0. The fourth-order valence-electron chi connectivity index (χ4n) is 6.26. The Morgan fingerprint density at radius 3 is 2.67 bits per heavy atom. The second-order valence-corrected chi connectivity index (χ2v) is 13.2. The fraction of sp³-hybridized carbons (Fsp3) is 0.343. The molecule has 1 aliphatic rings. The lowest BCUT2D eigenvalue weighted by molar-refractivity contribution is -0.124. The molecule has 1 aliphatic carbocycles. The van der Waals surface area contributed by atoms with E-state index >= 15 is 0 Å². The molecule has 1 unspecified atom stereocenters. The minimum absolute atomic E-state index is 0.163. The Morgan fingerprint density at radius 2 is 1.87 bits per heavy atom. The van der Waals surface area contributed by atoms with Gasteiger partial charge < -0.3 is 9.88 Å². The third-order valence-corrected chi connectivity index (χ3v) is 10.2. The SMILES string of the molecule is CCN(CC)CCNS(=O)(=O)c1cccc(CN(CCc2c[nH]c3ccccc23)C2CCc3cc(C=CC(=O)NO)ccc32)c1. The van der Waals surface area contributed by atoms with Crippen LogP contribution in [-0.2, 0) is 34.2 Å². The van der Waals surface area contributed by atoms with Crippen molar-refractivity contribution < 1.29 is 18.4 Å². The third kappa shape index (κ3) is 8.08. The van der Waals surface area contributed by atoms with E-state index in [1.165, 1.54) is 28.2 Å². The maximum Gasteiger partial charge on any atom is 0.267 e. The van der Waals surface area contributed by atoms with Gasteiger partial charge in [-0.2, -0.15) is 0 Å². The lowest BCUT2D eigenvalue weighted by Crippen LogP contribution is -2.34. The largest absolute Gasteiger partial charge is 0.361 e. The molecule has 1 heterocycles. The number of amides is 1. The van der Waals surface area contributed by atoms with Crippen molar-refractivity contribution >= 4 is 32.9 Å². The van der Waals surface area contributed by atoms with Crippen LogP contribution in [0.3, 0.4) is 0 Å². The molecule has 0 saturated carbocycles. The van der Waals surface area contributed by atoms with E-state index in [1.807, 2.05) is 24.3 Å². The number of benzene rings is 3. The summed E-state index contributed by atoms with van der Waals surface area (Å²) in [4.78, 5) is 19.8. The van der Waals surface area contributed by atoms with Gasteiger partial charge in [0.2, 0.25) is 10.0 Å². The number of nitrogens with one attached hydrogen (secondary N) is 3. The molecule has 4 aromatic rings. The number of H-pyrrole nitrogens is 1. The van der Waals surface area contributed by atoms with Gasteiger partial charge in [0, 0.05) is 55.4 Å². The quantitative estimate of drug-likeness (QED) is 0.0832. The van der Waals surface area contributed by atoms with Crippen molar-refractivity contribution in [2.45, 2.75) is 50.6 Å². The maximum atomic E-state index is 13.2. The zero-order valence-electron chi connectivity index (χ0n) is 26.0. The molecule has 4 N–H and O–H groups in total. The minimum atomic E-state index is -3.64. The number of carbonyl (C=O) groups excluding carboxylic acids is 1. The van der Waals surface area contributed by atoms with Crippen molar-refractivity contribution in [1.29, 1.82) is 0 Å². The van der Waals surface area contributed by atoms with Crippen LogP contribution in [0.25, 0.3) is 17.0 Å². The average molecular weight is 630 g/mol. The predicted octanol–water partition coefficient (Wildman–Crippen LogP) is 5.04. The van der Waals surface area contributed by atoms with E-state index in [2.05, 4.69) is 69.9 Å². The first-order chi connectivity index (χ1) is 21.8. The van der Waals surface area contributed by atoms with Crippen LogP contribution in [0.1, 0.15) is 54.1 Å². The summed E-state index contributed by atoms with van der Waals surface area (Å²) in [6.45, 7) is 8.34. The second kappa shape index (κ2) is 15.0. The highest BCUT2D eigenvalue weighted by atomic mass is 32.2. The lowest BCUT2D eigenvalue weighted by atomic mass is 10.0. The van der Waals surface area contributed by atoms with Crippen molar-refractivity contribution in [3.63, 3.8) is 0 Å². The molecule has 9 nitrogen and oxygen atoms in total. The van der Waals surface area contributed by atoms with Crippen molar-refractivity contribution in [2.75, 3.05) is 32.7 Å². The summed E-state index contributed by atoms with van der Waals surface area (Å²) in [7, 11) is -3.64. The van der Waals surface area contributed by atoms with E-state index < -0.39 is 15.9 Å². The van der Waals surface area contributed by atoms with Crippen LogP contribution in [0.2, 0.25) is 0 Å². The molecule has 5 rings (SSSR count). The van der Waals surface area contributed by atoms with Crippen LogP contribution in [0.4, 0.5) is 0 Å². The normalized spacial score (nSPS) is 15.0. The van der Waals surface area contributed by atoms with Crippen LogP contribution >= 0.6 is 0 Å². The van der Waals surface area contributed by atoms with Crippen LogP contribution in [0, 0.1) is 0 Å². The molecule has 1 amide bonds. The Hall–Kier alpha value is -3.80. The van der Waals surface area contributed by atoms with E-state index in [-0.39, 0.29) is 10.9 Å². The highest BCUT2D eigenvalue weighted by Crippen LogP contribution is 2.38. The number of aromatic amines is 1. The number of likely N-dealkylation sites (N-methyl/N-ethyl adjacent to an activating group) is 1. The molecule has 0 radical (unpaired) electrons. The van der Waals surface area contributed by atoms with Crippen LogP contribution < -0.4 is 10.2 Å². The predicted molar refractivity (Wildman–Crippen MR) is 178 cm³/mol. The molecule has 0 saturated heterocycles. The number of sulfonamides is 1. The number of carbonyl (C=O) groups is 1. The van der Waals surface area contributed by atoms with Gasteiger partial charge in [0.25, 0.3) is 5.91 Å². The number of fused-ring (bicyclic) bond motifs is 2. The van der Waals surface area contributed by atoms with E-state index in [0.29, 0.717) is 19.6 Å². The Labute approximate surface area is 266 Å². The van der Waals surface area contributed by atoms with Crippen LogP contribution in [-0.4, -0.2) is 67.0 Å². The van der Waals surface area contributed by atoms with Crippen LogP contribution in [0.5, 0.6) is 0 Å². The van der Waals surface area contributed by atoms with Crippen molar-refractivity contribution in [2.24, 2.45) is 0 Å². The first kappa shape index (κ1) is 32.6. The Kier molecular flexibility index (Phi) is 10.9. The zero-order chi connectivity index (χ0) is 31.8. The third-order valence-electron chi connectivity index (χ3n) is 8.74. The fourth-order valence-corrected chi connectivity index (χ4v) is 7.35. The van der Waals surface area contributed by atoms with Gasteiger partial charge in [-0.25, -0.2) is 18.6 Å². The highest BCUT2D eigenvalue weighted by Gasteiger charge is 2.28. The molecule has 1 atom stereocenters. The highest BCUT2D eigenvalue weighted by molar-refractivity contribution is 7.89. The molecule has 238 valence electrons. The van der Waals surface area contributed by atoms with Gasteiger partial charge in [-0.3, -0.25) is 14.9 Å². The molecule has 1 aromatic heterocycles. The van der Waals surface area contributed by atoms with E-state index in [0.717, 1.165) is 55.5 Å². The molecular weight excluding hydrogens is 586 g/mol. The molecule has 45 heavy (non-hydrogen) atoms. The Bertz CT molecular complexity index is 1750. The maximum absolute atomic E-state index is 13.2. The number of aryl methyl sites for hydroxylation is 1. The van der Waals surface area contributed by atoms with E-state index in [4.69, 9.17) is 5.21 Å². The average Bonchev–Trinajstić information content (AvgIpc) is 3.68. The summed E-state index contributed by atoms with van der Waals surface area (Å²) < 4.78 is 29.2. The van der Waals surface area contributed by atoms with Gasteiger partial charge >= 0.3 is 0 Å². The second-order valence-electron chi connectivity index (χ2n) is 11.5. The summed E-state index contributed by atoms with van der Waals surface area (Å²) in [5.41, 5.74) is 8.32. The number of hydroxylamine groups is 1. The van der Waals surface area contributed by atoms with Crippen LogP contribution in [0.15, 0.2) is 83.9 Å². The standard InChI is InChI=1S/C35H43N5O4S/c1-3-39(4-2)21-19-37-45(43,44)30-9-7-8-27(23-30)25-40(20-18-29-24-36-33-11-6-5-10-31(29)33)34-16-14-28-22-26(12-15-32(28)34)13-17-35(41)38-42/h5-13,15,17,22-24,34,36-37,42H,3-4,14,16,18-21,25H2,1-2H3,(H,38,41). The molecule has 0 fully saturated rings. The molecule has 0 bridgehead atoms. The van der Waals surface area contributed by atoms with Gasteiger partial charge in [0.15, 0.2) is 0 Å². The first-order valence-corrected chi connectivity index (χ1v) is 17.1. The van der Waals surface area contributed by atoms with E-state index in [9.17, 15) is 13.2 Å². The van der Waals surface area contributed by atoms with Gasteiger partial charge in [-0.1, -0.05) is 62.4 Å². The van der Waals surface area contributed by atoms with Crippen molar-refractivity contribution in [3.8, 4) is 0 Å². The molecule has 0 aliphatic heterocycles. The Morgan fingerprint density at radius 1 is 1.04 bits per heavy atom. The monoisotopic (exact) mass is 629 g/mol. The number of hydrogen-bond donors (Lipinski definition) is 4. The van der Waals surface area contributed by atoms with Gasteiger partial charge in [-0.15, -0.1) is 0 Å². The zero-order valence-corrected chi connectivity index (χ0v) is 26.8. The first-order valence-electron chi connectivity index (χ1n) is 15.7. The molecule has 0 spiro atoms. The lowest BCUT2D eigenvalue weighted by Gasteiger charge is -2.30. The molecule has 3 aromatic carbocycles. The number of nitrogens with zero attached hydrogens (tertiary/aromatic N) is 2. The van der Waals surface area contributed by atoms with E-state index in [1.54, 1.807) is 23.7 Å². The number of rotatable bonds is 15. The summed E-state index contributed by atoms with van der Waals surface area (Å²) in [5.74, 6) is -0.569. The number of hydrogen-bond acceptors (Lipinski definition) is 6.